The van der Waals surface area contributed by atoms with E-state index in [9.17, 15) is 14.3 Å². The number of aliphatic hydroxyl groups is 1. The number of allylic oxidation sites excluding steroid dienone is 2. The van der Waals surface area contributed by atoms with E-state index in [-0.39, 0.29) is 23.0 Å². The average molecular weight is 306 g/mol. The predicted octanol–water partition coefficient (Wildman–Crippen LogP) is 4.74. The lowest BCUT2D eigenvalue weighted by atomic mass is 9.48. The van der Waals surface area contributed by atoms with Gasteiger partial charge in [-0.15, -0.1) is 0 Å². The number of aliphatic hydroxyl groups excluding tert-OH is 1. The van der Waals surface area contributed by atoms with Gasteiger partial charge in [0.1, 0.15) is 0 Å². The lowest BCUT2D eigenvalue weighted by molar-refractivity contribution is -0.135. The molecule has 4 aliphatic carbocycles. The number of ketones is 1. The molecule has 2 nitrogen and oxygen atoms in total. The van der Waals surface area contributed by atoms with Gasteiger partial charge < -0.3 is 5.11 Å². The molecular formula is C19H27FO2. The molecule has 0 amide bonds. The minimum atomic E-state index is -1.28. The van der Waals surface area contributed by atoms with E-state index in [0.717, 1.165) is 25.7 Å². The van der Waals surface area contributed by atoms with Crippen molar-refractivity contribution < 1.29 is 14.3 Å². The highest BCUT2D eigenvalue weighted by atomic mass is 19.1. The molecule has 3 fully saturated rings. The second-order valence-electron chi connectivity index (χ2n) is 8.65. The Morgan fingerprint density at radius 3 is 2.68 bits per heavy atom. The number of rotatable bonds is 0. The molecule has 1 N–H and O–H groups in total. The summed E-state index contributed by atoms with van der Waals surface area (Å²) in [6.07, 6.45) is 6.21. The molecule has 0 aromatic rings. The summed E-state index contributed by atoms with van der Waals surface area (Å²) < 4.78 is 14.1. The Kier molecular flexibility index (Phi) is 3.06. The summed E-state index contributed by atoms with van der Waals surface area (Å²) in [6.45, 7) is 4.30. The third-order valence-electron chi connectivity index (χ3n) is 7.79. The molecule has 4 aliphatic rings. The lowest BCUT2D eigenvalue weighted by Gasteiger charge is -2.56. The maximum absolute atomic E-state index is 14.1. The van der Waals surface area contributed by atoms with E-state index < -0.39 is 11.6 Å². The number of Topliss-reactive ketones (excluding diaryl/α,β-unsaturated/α-hetero) is 1. The molecule has 0 saturated heterocycles. The highest BCUT2D eigenvalue weighted by Gasteiger charge is 2.62. The van der Waals surface area contributed by atoms with Crippen molar-refractivity contribution >= 4 is 5.78 Å². The van der Waals surface area contributed by atoms with Crippen LogP contribution < -0.4 is 0 Å². The van der Waals surface area contributed by atoms with E-state index >= 15 is 0 Å². The molecule has 1 unspecified atom stereocenters. The number of halogens is 1. The third kappa shape index (κ3) is 1.68. The van der Waals surface area contributed by atoms with E-state index in [1.165, 1.54) is 18.4 Å². The van der Waals surface area contributed by atoms with E-state index in [1.807, 2.05) is 6.92 Å². The lowest BCUT2D eigenvalue weighted by Crippen LogP contribution is -2.50. The van der Waals surface area contributed by atoms with E-state index in [1.54, 1.807) is 0 Å². The van der Waals surface area contributed by atoms with Crippen molar-refractivity contribution in [2.75, 3.05) is 0 Å². The molecule has 122 valence electrons. The van der Waals surface area contributed by atoms with E-state index in [0.29, 0.717) is 24.5 Å². The van der Waals surface area contributed by atoms with Crippen molar-refractivity contribution in [3.8, 4) is 0 Å². The minimum Gasteiger partial charge on any atom is -0.512 e. The fraction of sp³-hybridized carbons (Fsp3) is 0.842. The normalized spacial score (nSPS) is 51.3. The number of alkyl halides is 1. The van der Waals surface area contributed by atoms with Crippen LogP contribution in [-0.4, -0.2) is 17.1 Å². The highest BCUT2D eigenvalue weighted by molar-refractivity contribution is 5.91. The fourth-order valence-corrected chi connectivity index (χ4v) is 6.57. The monoisotopic (exact) mass is 306 g/mol. The number of fused-ring (bicyclic) bond motifs is 5. The minimum absolute atomic E-state index is 0.0873. The van der Waals surface area contributed by atoms with Gasteiger partial charge in [-0.1, -0.05) is 20.3 Å². The second kappa shape index (κ2) is 4.58. The zero-order valence-electron chi connectivity index (χ0n) is 13.7. The molecule has 3 saturated carbocycles. The van der Waals surface area contributed by atoms with Crippen LogP contribution in [0, 0.1) is 28.6 Å². The van der Waals surface area contributed by atoms with Crippen LogP contribution in [0.1, 0.15) is 65.2 Å². The van der Waals surface area contributed by atoms with Gasteiger partial charge >= 0.3 is 0 Å². The fourth-order valence-electron chi connectivity index (χ4n) is 6.57. The zero-order chi connectivity index (χ0) is 15.7. The van der Waals surface area contributed by atoms with Gasteiger partial charge in [0.15, 0.2) is 12.0 Å². The van der Waals surface area contributed by atoms with Gasteiger partial charge in [0.2, 0.25) is 0 Å². The largest absolute Gasteiger partial charge is 0.512 e. The summed E-state index contributed by atoms with van der Waals surface area (Å²) in [6, 6.07) is 0. The first-order valence-corrected chi connectivity index (χ1v) is 8.98. The van der Waals surface area contributed by atoms with Crippen molar-refractivity contribution in [3.05, 3.63) is 11.3 Å². The summed E-state index contributed by atoms with van der Waals surface area (Å²) in [7, 11) is 0. The van der Waals surface area contributed by atoms with Crippen molar-refractivity contribution in [2.45, 2.75) is 71.4 Å². The molecule has 0 bridgehead atoms. The molecule has 0 radical (unpaired) electrons. The molecule has 0 heterocycles. The first-order valence-electron chi connectivity index (χ1n) is 8.98. The van der Waals surface area contributed by atoms with Crippen LogP contribution in [-0.2, 0) is 4.79 Å². The Labute approximate surface area is 132 Å². The van der Waals surface area contributed by atoms with Crippen molar-refractivity contribution in [3.63, 3.8) is 0 Å². The molecular weight excluding hydrogens is 279 g/mol. The van der Waals surface area contributed by atoms with Gasteiger partial charge in [-0.05, 0) is 67.3 Å². The standard InChI is InChI=1S/C19H27FO2/c1-18-7-4-3-5-13(18)16(21)9-11-12(18)6-8-19(2)14(11)10-15(20)17(19)22/h11-12,14-15,21H,3-10H2,1-2H3/t11-,12-,14+,15?,18-,19+/m1/s1. The number of carbonyl (C=O) groups excluding carboxylic acids is 1. The topological polar surface area (TPSA) is 37.3 Å². The quantitative estimate of drug-likeness (QED) is 0.701. The predicted molar refractivity (Wildman–Crippen MR) is 83.2 cm³/mol. The van der Waals surface area contributed by atoms with Crippen molar-refractivity contribution in [2.24, 2.45) is 28.6 Å². The van der Waals surface area contributed by atoms with Crippen LogP contribution in [0.2, 0.25) is 0 Å². The molecule has 0 aromatic carbocycles. The Hall–Kier alpha value is -0.860. The summed E-state index contributed by atoms with van der Waals surface area (Å²) in [5.41, 5.74) is 0.887. The first-order chi connectivity index (χ1) is 10.4. The SMILES string of the molecule is C[C@]12CCCCC1=C(O)C[C@@H]1[C@H]2CC[C@]2(C)C(=O)C(F)C[C@@H]12. The van der Waals surface area contributed by atoms with Gasteiger partial charge in [0.05, 0.1) is 5.76 Å². The number of carbonyl (C=O) groups is 1. The summed E-state index contributed by atoms with van der Waals surface area (Å²) in [5, 5.41) is 10.6. The molecule has 22 heavy (non-hydrogen) atoms. The van der Waals surface area contributed by atoms with Crippen molar-refractivity contribution in [1.82, 2.24) is 0 Å². The maximum atomic E-state index is 14.1. The molecule has 4 rings (SSSR count). The smallest absolute Gasteiger partial charge is 0.173 e. The molecule has 0 aromatic heterocycles. The van der Waals surface area contributed by atoms with E-state index in [2.05, 4.69) is 6.92 Å². The summed E-state index contributed by atoms with van der Waals surface area (Å²) >= 11 is 0. The molecule has 0 spiro atoms. The number of hydrogen-bond acceptors (Lipinski definition) is 2. The highest BCUT2D eigenvalue weighted by Crippen LogP contribution is 2.65. The molecule has 0 aliphatic heterocycles. The molecule has 3 heteroatoms. The Morgan fingerprint density at radius 2 is 1.91 bits per heavy atom. The van der Waals surface area contributed by atoms with Crippen LogP contribution in [0.5, 0.6) is 0 Å². The van der Waals surface area contributed by atoms with Gasteiger partial charge in [-0.3, -0.25) is 4.79 Å². The zero-order valence-corrected chi connectivity index (χ0v) is 13.7. The van der Waals surface area contributed by atoms with Gasteiger partial charge in [0, 0.05) is 11.8 Å². The van der Waals surface area contributed by atoms with Crippen LogP contribution in [0.15, 0.2) is 11.3 Å². The average Bonchev–Trinajstić information content (AvgIpc) is 2.71. The molecule has 6 atom stereocenters. The Bertz CT molecular complexity index is 554. The Balaban J connectivity index is 1.75. The van der Waals surface area contributed by atoms with Crippen LogP contribution in [0.4, 0.5) is 4.39 Å². The first kappa shape index (κ1) is 14.7. The van der Waals surface area contributed by atoms with Gasteiger partial charge in [-0.2, -0.15) is 0 Å². The van der Waals surface area contributed by atoms with Gasteiger partial charge in [0.25, 0.3) is 0 Å². The van der Waals surface area contributed by atoms with Crippen molar-refractivity contribution in [1.29, 1.82) is 0 Å². The maximum Gasteiger partial charge on any atom is 0.173 e. The summed E-state index contributed by atoms with van der Waals surface area (Å²) in [4.78, 5) is 12.3. The second-order valence-corrected chi connectivity index (χ2v) is 8.65. The van der Waals surface area contributed by atoms with E-state index in [4.69, 9.17) is 0 Å². The number of hydrogen-bond donors (Lipinski definition) is 1. The van der Waals surface area contributed by atoms with Crippen LogP contribution >= 0.6 is 0 Å². The third-order valence-corrected chi connectivity index (χ3v) is 7.79. The van der Waals surface area contributed by atoms with Crippen LogP contribution in [0.3, 0.4) is 0 Å². The summed E-state index contributed by atoms with van der Waals surface area (Å²) in [5.74, 6) is 1.34. The Morgan fingerprint density at radius 1 is 1.14 bits per heavy atom. The van der Waals surface area contributed by atoms with Gasteiger partial charge in [-0.25, -0.2) is 4.39 Å². The van der Waals surface area contributed by atoms with Crippen LogP contribution in [0.25, 0.3) is 0 Å².